The molecule has 1 aromatic heterocycles. The van der Waals surface area contributed by atoms with Crippen LogP contribution in [0, 0.1) is 12.8 Å². The fourth-order valence-corrected chi connectivity index (χ4v) is 3.59. The molecule has 0 bridgehead atoms. The number of aryl methyl sites for hydroxylation is 2. The van der Waals surface area contributed by atoms with Crippen LogP contribution >= 0.6 is 0 Å². The van der Waals surface area contributed by atoms with Crippen molar-refractivity contribution in [2.75, 3.05) is 18.0 Å². The molecule has 0 aliphatic carbocycles. The number of benzene rings is 2. The number of fused-ring (bicyclic) bond motifs is 1. The number of carbonyl (C=O) groups excluding carboxylic acids is 2. The molecule has 1 unspecified atom stereocenters. The highest BCUT2D eigenvalue weighted by Crippen LogP contribution is 2.25. The summed E-state index contributed by atoms with van der Waals surface area (Å²) in [6, 6.07) is 15.8. The van der Waals surface area contributed by atoms with Gasteiger partial charge in [0, 0.05) is 31.6 Å². The molecule has 144 valence electrons. The van der Waals surface area contributed by atoms with E-state index in [2.05, 4.69) is 15.3 Å². The van der Waals surface area contributed by atoms with E-state index in [1.54, 1.807) is 4.90 Å². The Hall–Kier alpha value is -3.15. The van der Waals surface area contributed by atoms with Crippen molar-refractivity contribution < 1.29 is 9.59 Å². The van der Waals surface area contributed by atoms with Gasteiger partial charge in [-0.15, -0.1) is 0 Å². The average Bonchev–Trinajstić information content (AvgIpc) is 3.29. The first-order chi connectivity index (χ1) is 13.6. The van der Waals surface area contributed by atoms with Crippen LogP contribution in [0.25, 0.3) is 11.0 Å². The maximum Gasteiger partial charge on any atom is 0.227 e. The van der Waals surface area contributed by atoms with E-state index in [0.29, 0.717) is 13.1 Å². The lowest BCUT2D eigenvalue weighted by Gasteiger charge is -2.17. The van der Waals surface area contributed by atoms with Gasteiger partial charge in [-0.2, -0.15) is 0 Å². The molecule has 1 aliphatic rings. The molecule has 2 heterocycles. The van der Waals surface area contributed by atoms with E-state index in [1.165, 1.54) is 0 Å². The fourth-order valence-electron chi connectivity index (χ4n) is 3.59. The number of aromatic amines is 1. The van der Waals surface area contributed by atoms with Crippen molar-refractivity contribution in [2.45, 2.75) is 26.2 Å². The molecule has 1 atom stereocenters. The fraction of sp³-hybridized carbons (Fsp3) is 0.318. The van der Waals surface area contributed by atoms with Gasteiger partial charge >= 0.3 is 0 Å². The highest BCUT2D eigenvalue weighted by molar-refractivity contribution is 6.00. The summed E-state index contributed by atoms with van der Waals surface area (Å²) in [6.45, 7) is 3.03. The number of hydrogen-bond donors (Lipinski definition) is 2. The monoisotopic (exact) mass is 376 g/mol. The van der Waals surface area contributed by atoms with Gasteiger partial charge in [0.2, 0.25) is 11.8 Å². The molecule has 0 saturated carbocycles. The quantitative estimate of drug-likeness (QED) is 0.649. The SMILES string of the molecule is Cc1ccc(N2CC(C(=O)NCCCc3nc4ccccc4[nH]3)CC2=O)cc1. The maximum atomic E-state index is 12.5. The summed E-state index contributed by atoms with van der Waals surface area (Å²) < 4.78 is 0. The molecule has 0 spiro atoms. The predicted octanol–water partition coefficient (Wildman–Crippen LogP) is 2.97. The molecule has 2 N–H and O–H groups in total. The summed E-state index contributed by atoms with van der Waals surface area (Å²) in [5, 5.41) is 2.97. The number of aromatic nitrogens is 2. The topological polar surface area (TPSA) is 78.1 Å². The third-order valence-electron chi connectivity index (χ3n) is 5.17. The van der Waals surface area contributed by atoms with Gasteiger partial charge < -0.3 is 15.2 Å². The van der Waals surface area contributed by atoms with E-state index in [9.17, 15) is 9.59 Å². The summed E-state index contributed by atoms with van der Waals surface area (Å²) in [5.74, 6) is 0.593. The van der Waals surface area contributed by atoms with Crippen molar-refractivity contribution in [2.24, 2.45) is 5.92 Å². The Morgan fingerprint density at radius 1 is 1.21 bits per heavy atom. The van der Waals surface area contributed by atoms with Crippen LogP contribution in [0.1, 0.15) is 24.2 Å². The number of para-hydroxylation sites is 2. The number of carbonyl (C=O) groups is 2. The number of H-pyrrole nitrogens is 1. The molecule has 2 aromatic carbocycles. The standard InChI is InChI=1S/C22H24N4O2/c1-15-8-10-17(11-9-15)26-14-16(13-21(26)27)22(28)23-12-4-7-20-24-18-5-2-3-6-19(18)25-20/h2-3,5-6,8-11,16H,4,7,12-14H2,1H3,(H,23,28)(H,24,25). The lowest BCUT2D eigenvalue weighted by molar-refractivity contribution is -0.126. The molecule has 3 aromatic rings. The number of hydrogen-bond acceptors (Lipinski definition) is 3. The first kappa shape index (κ1) is 18.2. The molecular weight excluding hydrogens is 352 g/mol. The van der Waals surface area contributed by atoms with E-state index in [-0.39, 0.29) is 24.2 Å². The lowest BCUT2D eigenvalue weighted by atomic mass is 10.1. The Bertz CT molecular complexity index is 960. The molecule has 1 fully saturated rings. The molecule has 28 heavy (non-hydrogen) atoms. The molecule has 2 amide bonds. The second-order valence-corrected chi connectivity index (χ2v) is 7.34. The van der Waals surface area contributed by atoms with Crippen molar-refractivity contribution in [3.63, 3.8) is 0 Å². The summed E-state index contributed by atoms with van der Waals surface area (Å²) in [4.78, 5) is 34.3. The maximum absolute atomic E-state index is 12.5. The minimum absolute atomic E-state index is 0.00581. The first-order valence-electron chi connectivity index (χ1n) is 9.68. The van der Waals surface area contributed by atoms with Crippen LogP contribution in [-0.4, -0.2) is 34.9 Å². The zero-order valence-electron chi connectivity index (χ0n) is 15.9. The largest absolute Gasteiger partial charge is 0.356 e. The van der Waals surface area contributed by atoms with Gasteiger partial charge in [0.1, 0.15) is 5.82 Å². The number of amides is 2. The van der Waals surface area contributed by atoms with Gasteiger partial charge in [-0.05, 0) is 37.6 Å². The average molecular weight is 376 g/mol. The van der Waals surface area contributed by atoms with Gasteiger partial charge in [0.15, 0.2) is 0 Å². The van der Waals surface area contributed by atoms with Crippen LogP contribution in [0.4, 0.5) is 5.69 Å². The van der Waals surface area contributed by atoms with Gasteiger partial charge in [-0.25, -0.2) is 4.98 Å². The van der Waals surface area contributed by atoms with Crippen molar-refractivity contribution in [1.82, 2.24) is 15.3 Å². The number of nitrogens with zero attached hydrogens (tertiary/aromatic N) is 2. The predicted molar refractivity (Wildman–Crippen MR) is 109 cm³/mol. The van der Waals surface area contributed by atoms with E-state index < -0.39 is 0 Å². The highest BCUT2D eigenvalue weighted by Gasteiger charge is 2.34. The molecular formula is C22H24N4O2. The molecule has 1 aliphatic heterocycles. The lowest BCUT2D eigenvalue weighted by Crippen LogP contribution is -2.33. The number of nitrogens with one attached hydrogen (secondary N) is 2. The minimum Gasteiger partial charge on any atom is -0.356 e. The van der Waals surface area contributed by atoms with Crippen molar-refractivity contribution >= 4 is 28.5 Å². The molecule has 0 radical (unpaired) electrons. The van der Waals surface area contributed by atoms with E-state index in [4.69, 9.17) is 0 Å². The van der Waals surface area contributed by atoms with Crippen LogP contribution in [-0.2, 0) is 16.0 Å². The second kappa shape index (κ2) is 7.84. The van der Waals surface area contributed by atoms with Crippen molar-refractivity contribution in [3.05, 3.63) is 59.9 Å². The van der Waals surface area contributed by atoms with Crippen molar-refractivity contribution in [1.29, 1.82) is 0 Å². The van der Waals surface area contributed by atoms with E-state index in [0.717, 1.165) is 41.0 Å². The number of rotatable bonds is 6. The normalized spacial score (nSPS) is 16.7. The van der Waals surface area contributed by atoms with Crippen LogP contribution < -0.4 is 10.2 Å². The number of imidazole rings is 1. The summed E-state index contributed by atoms with van der Waals surface area (Å²) in [6.07, 6.45) is 1.84. The van der Waals surface area contributed by atoms with Crippen LogP contribution in [0.3, 0.4) is 0 Å². The Balaban J connectivity index is 1.26. The van der Waals surface area contributed by atoms with Gasteiger partial charge in [-0.1, -0.05) is 29.8 Å². The summed E-state index contributed by atoms with van der Waals surface area (Å²) in [5.41, 5.74) is 3.99. The third-order valence-corrected chi connectivity index (χ3v) is 5.17. The van der Waals surface area contributed by atoms with Gasteiger partial charge in [-0.3, -0.25) is 9.59 Å². The van der Waals surface area contributed by atoms with Gasteiger partial charge in [0.05, 0.1) is 17.0 Å². The number of anilines is 1. The Labute approximate surface area is 164 Å². The highest BCUT2D eigenvalue weighted by atomic mass is 16.2. The Kier molecular flexibility index (Phi) is 5.10. The van der Waals surface area contributed by atoms with E-state index >= 15 is 0 Å². The minimum atomic E-state index is -0.292. The first-order valence-corrected chi connectivity index (χ1v) is 9.68. The van der Waals surface area contributed by atoms with Crippen molar-refractivity contribution in [3.8, 4) is 0 Å². The van der Waals surface area contributed by atoms with E-state index in [1.807, 2.05) is 55.5 Å². The third kappa shape index (κ3) is 3.91. The molecule has 4 rings (SSSR count). The zero-order chi connectivity index (χ0) is 19.5. The zero-order valence-corrected chi connectivity index (χ0v) is 15.9. The van der Waals surface area contributed by atoms with Crippen LogP contribution in [0.5, 0.6) is 0 Å². The molecule has 6 heteroatoms. The second-order valence-electron chi connectivity index (χ2n) is 7.34. The summed E-state index contributed by atoms with van der Waals surface area (Å²) >= 11 is 0. The summed E-state index contributed by atoms with van der Waals surface area (Å²) in [7, 11) is 0. The van der Waals surface area contributed by atoms with Crippen LogP contribution in [0.2, 0.25) is 0 Å². The van der Waals surface area contributed by atoms with Gasteiger partial charge in [0.25, 0.3) is 0 Å². The molecule has 1 saturated heterocycles. The molecule has 6 nitrogen and oxygen atoms in total. The Morgan fingerprint density at radius 2 is 2.00 bits per heavy atom. The smallest absolute Gasteiger partial charge is 0.227 e. The van der Waals surface area contributed by atoms with Crippen LogP contribution in [0.15, 0.2) is 48.5 Å². The Morgan fingerprint density at radius 3 is 2.79 bits per heavy atom.